The minimum absolute atomic E-state index is 0.0432. The predicted molar refractivity (Wildman–Crippen MR) is 218 cm³/mol. The second-order valence-electron chi connectivity index (χ2n) is 14.7. The summed E-state index contributed by atoms with van der Waals surface area (Å²) in [5.41, 5.74) is 13.2. The normalized spacial score (nSPS) is 14.7. The molecule has 6 rings (SSSR count). The lowest BCUT2D eigenvalue weighted by atomic mass is 10.0. The Balaban J connectivity index is 1.02. The number of para-hydroxylation sites is 1. The average molecular weight is 777 g/mol. The number of hydrogen-bond acceptors (Lipinski definition) is 9. The molecule has 4 aromatic carbocycles. The monoisotopic (exact) mass is 776 g/mol. The fourth-order valence-corrected chi connectivity index (χ4v) is 9.30. The molecule has 286 valence electrons. The maximum atomic E-state index is 14.1. The molecule has 2 aliphatic rings. The van der Waals surface area contributed by atoms with Gasteiger partial charge in [-0.25, -0.2) is 0 Å². The minimum atomic E-state index is -1.36. The summed E-state index contributed by atoms with van der Waals surface area (Å²) >= 11 is 3.18. The summed E-state index contributed by atoms with van der Waals surface area (Å²) in [7, 11) is 0. The van der Waals surface area contributed by atoms with Gasteiger partial charge in [-0.1, -0.05) is 89.7 Å². The quantitative estimate of drug-likeness (QED) is 0.0412. The van der Waals surface area contributed by atoms with Gasteiger partial charge in [-0.15, -0.1) is 0 Å². The smallest absolute Gasteiger partial charge is 0.246 e. The number of unbranched alkanes of at least 4 members (excludes halogenated alkanes) is 1. The number of hydrogen-bond donors (Lipinski definition) is 0. The highest BCUT2D eigenvalue weighted by atomic mass is 32.2. The summed E-state index contributed by atoms with van der Waals surface area (Å²) in [6, 6.07) is 29.9. The number of carbonyl (C=O) groups excluding carboxylic acids is 3. The van der Waals surface area contributed by atoms with Crippen molar-refractivity contribution >= 4 is 58.4 Å². The molecule has 55 heavy (non-hydrogen) atoms. The molecule has 1 atom stereocenters. The molecule has 0 N–H and O–H groups in total. The fourth-order valence-electron chi connectivity index (χ4n) is 7.11. The Morgan fingerprint density at radius 3 is 2.20 bits per heavy atom. The van der Waals surface area contributed by atoms with E-state index < -0.39 is 17.7 Å². The molecule has 0 saturated carbocycles. The Kier molecular flexibility index (Phi) is 13.1. The number of rotatable bonds is 14. The molecule has 1 unspecified atom stereocenters. The van der Waals surface area contributed by atoms with Crippen molar-refractivity contribution in [2.24, 2.45) is 5.11 Å². The first-order chi connectivity index (χ1) is 26.5. The summed E-state index contributed by atoms with van der Waals surface area (Å²) in [5, 5.41) is 16.3. The van der Waals surface area contributed by atoms with Crippen LogP contribution in [0.1, 0.15) is 55.1 Å². The summed E-state index contributed by atoms with van der Waals surface area (Å²) in [6.45, 7) is 9.59. The number of piperazine rings is 1. The second kappa shape index (κ2) is 18.1. The van der Waals surface area contributed by atoms with Crippen LogP contribution in [0, 0.1) is 0 Å². The zero-order valence-corrected chi connectivity index (χ0v) is 33.1. The standard InChI is InChI=1S/C42H47N7O4S2/c1-42(2,3)49(41(52)53)36(29-54-28-30-15-17-32(18-16-30)39(50)31-11-5-4-6-12-31)40(51)47-25-23-46(24-26-47)21-9-10-22-48-34-13-7-8-14-37(34)55-38-27-33(44-45-43)19-20-35(38)48/h4-8,11-20,27,36H,9-10,21-26,28-29H2,1-3H3,(H,52,53)/p-1. The molecule has 2 amide bonds. The Morgan fingerprint density at radius 1 is 0.855 bits per heavy atom. The van der Waals surface area contributed by atoms with Crippen molar-refractivity contribution in [3.8, 4) is 0 Å². The van der Waals surface area contributed by atoms with Crippen molar-refractivity contribution in [1.82, 2.24) is 14.7 Å². The maximum absolute atomic E-state index is 14.1. The van der Waals surface area contributed by atoms with Crippen LogP contribution in [-0.2, 0) is 10.5 Å². The van der Waals surface area contributed by atoms with Crippen LogP contribution in [0.5, 0.6) is 0 Å². The van der Waals surface area contributed by atoms with Crippen LogP contribution in [0.25, 0.3) is 10.4 Å². The largest absolute Gasteiger partial charge is 0.530 e. The van der Waals surface area contributed by atoms with E-state index in [2.05, 4.69) is 38.0 Å². The van der Waals surface area contributed by atoms with Gasteiger partial charge in [-0.2, -0.15) is 11.8 Å². The van der Waals surface area contributed by atoms with Gasteiger partial charge < -0.3 is 24.6 Å². The lowest BCUT2D eigenvalue weighted by Crippen LogP contribution is -2.63. The first-order valence-electron chi connectivity index (χ1n) is 18.5. The van der Waals surface area contributed by atoms with Crippen LogP contribution >= 0.6 is 23.5 Å². The van der Waals surface area contributed by atoms with Crippen LogP contribution in [0.3, 0.4) is 0 Å². The predicted octanol–water partition coefficient (Wildman–Crippen LogP) is 8.13. The molecular weight excluding hydrogens is 731 g/mol. The highest BCUT2D eigenvalue weighted by Crippen LogP contribution is 2.49. The third kappa shape index (κ3) is 9.84. The number of carbonyl (C=O) groups is 3. The van der Waals surface area contributed by atoms with E-state index in [4.69, 9.17) is 5.53 Å². The molecule has 2 aliphatic heterocycles. The SMILES string of the molecule is CC(C)(C)N(C(=O)[O-])C(CSCc1ccc(C(=O)c2ccccc2)cc1)C(=O)N1CCN(CCCCN2c3ccccc3Sc3cc(N=[N+]=[N-])ccc32)CC1. The van der Waals surface area contributed by atoms with Gasteiger partial charge in [0, 0.05) is 81.3 Å². The lowest BCUT2D eigenvalue weighted by Gasteiger charge is -2.45. The number of benzene rings is 4. The molecule has 0 aromatic heterocycles. The molecule has 1 fully saturated rings. The zero-order valence-electron chi connectivity index (χ0n) is 31.5. The van der Waals surface area contributed by atoms with Crippen molar-refractivity contribution < 1.29 is 19.5 Å². The maximum Gasteiger partial charge on any atom is 0.246 e. The van der Waals surface area contributed by atoms with Gasteiger partial charge in [-0.3, -0.25) is 14.5 Å². The fraction of sp³-hybridized carbons (Fsp3) is 0.357. The third-order valence-corrected chi connectivity index (χ3v) is 12.1. The molecule has 1 saturated heterocycles. The van der Waals surface area contributed by atoms with Gasteiger partial charge in [0.15, 0.2) is 5.78 Å². The number of nitrogens with zero attached hydrogens (tertiary/aromatic N) is 7. The number of carboxylic acid groups (broad SMARTS) is 1. The lowest BCUT2D eigenvalue weighted by molar-refractivity contribution is -0.272. The van der Waals surface area contributed by atoms with Crippen molar-refractivity contribution in [3.05, 3.63) is 124 Å². The molecule has 0 bridgehead atoms. The van der Waals surface area contributed by atoms with E-state index in [-0.39, 0.29) is 17.4 Å². The van der Waals surface area contributed by atoms with Crippen LogP contribution in [0.4, 0.5) is 21.9 Å². The van der Waals surface area contributed by atoms with Crippen molar-refractivity contribution in [2.75, 3.05) is 49.9 Å². The van der Waals surface area contributed by atoms with E-state index >= 15 is 0 Å². The van der Waals surface area contributed by atoms with Gasteiger partial charge in [0.2, 0.25) is 5.91 Å². The Morgan fingerprint density at radius 2 is 1.51 bits per heavy atom. The van der Waals surface area contributed by atoms with Crippen molar-refractivity contribution in [2.45, 2.75) is 60.7 Å². The zero-order chi connectivity index (χ0) is 39.0. The van der Waals surface area contributed by atoms with E-state index in [1.165, 1.54) is 27.2 Å². The Bertz CT molecular complexity index is 2030. The summed E-state index contributed by atoms with van der Waals surface area (Å²) in [5.74, 6) is 0.604. The second-order valence-corrected chi connectivity index (χ2v) is 16.8. The number of thioether (sulfide) groups is 1. The Labute approximate surface area is 331 Å². The molecule has 2 heterocycles. The van der Waals surface area contributed by atoms with Crippen LogP contribution < -0.4 is 10.0 Å². The highest BCUT2D eigenvalue weighted by molar-refractivity contribution is 7.99. The van der Waals surface area contributed by atoms with E-state index in [1.807, 2.05) is 66.7 Å². The van der Waals surface area contributed by atoms with Gasteiger partial charge >= 0.3 is 0 Å². The number of ketones is 1. The van der Waals surface area contributed by atoms with E-state index in [1.54, 1.807) is 49.6 Å². The van der Waals surface area contributed by atoms with Gasteiger partial charge in [-0.05, 0) is 75.5 Å². The van der Waals surface area contributed by atoms with Gasteiger partial charge in [0.25, 0.3) is 0 Å². The summed E-state index contributed by atoms with van der Waals surface area (Å²) in [6.07, 6.45) is 0.588. The topological polar surface area (TPSA) is 136 Å². The third-order valence-electron chi connectivity index (χ3n) is 9.87. The number of fused-ring (bicyclic) bond motifs is 2. The Hall–Kier alpha value is -4.94. The first-order valence-corrected chi connectivity index (χ1v) is 20.5. The summed E-state index contributed by atoms with van der Waals surface area (Å²) in [4.78, 5) is 52.3. The van der Waals surface area contributed by atoms with Gasteiger partial charge in [0.05, 0.1) is 11.4 Å². The van der Waals surface area contributed by atoms with E-state index in [0.29, 0.717) is 48.7 Å². The average Bonchev–Trinajstić information content (AvgIpc) is 3.18. The molecule has 0 radical (unpaired) electrons. The molecule has 13 heteroatoms. The summed E-state index contributed by atoms with van der Waals surface area (Å²) < 4.78 is 0. The highest BCUT2D eigenvalue weighted by Gasteiger charge is 2.37. The van der Waals surface area contributed by atoms with E-state index in [0.717, 1.165) is 42.1 Å². The van der Waals surface area contributed by atoms with Crippen molar-refractivity contribution in [3.63, 3.8) is 0 Å². The molecule has 0 spiro atoms. The first kappa shape index (κ1) is 39.7. The number of azide groups is 1. The van der Waals surface area contributed by atoms with Crippen molar-refractivity contribution in [1.29, 1.82) is 0 Å². The minimum Gasteiger partial charge on any atom is -0.530 e. The molecule has 11 nitrogen and oxygen atoms in total. The van der Waals surface area contributed by atoms with Crippen LogP contribution in [0.2, 0.25) is 0 Å². The van der Waals surface area contributed by atoms with Gasteiger partial charge in [0.1, 0.15) is 12.1 Å². The molecular formula is C42H46N7O4S2-. The van der Waals surface area contributed by atoms with Crippen LogP contribution in [0.15, 0.2) is 112 Å². The number of anilines is 2. The van der Waals surface area contributed by atoms with E-state index in [9.17, 15) is 19.5 Å². The number of amides is 2. The molecule has 4 aromatic rings. The van der Waals surface area contributed by atoms with Crippen LogP contribution in [-0.4, -0.2) is 89.1 Å². The molecule has 0 aliphatic carbocycles.